The molecule has 0 amide bonds. The molecule has 0 radical (unpaired) electrons. The molecule has 118 valence electrons. The lowest BCUT2D eigenvalue weighted by Gasteiger charge is -2.34. The zero-order valence-corrected chi connectivity index (χ0v) is 13.2. The Balaban J connectivity index is 1.72. The van der Waals surface area contributed by atoms with Crippen LogP contribution in [-0.2, 0) is 21.3 Å². The van der Waals surface area contributed by atoms with Crippen molar-refractivity contribution >= 4 is 5.78 Å². The summed E-state index contributed by atoms with van der Waals surface area (Å²) >= 11 is 0. The van der Waals surface area contributed by atoms with Crippen LogP contribution in [0.5, 0.6) is 0 Å². The van der Waals surface area contributed by atoms with Crippen LogP contribution < -0.4 is 0 Å². The lowest BCUT2D eigenvalue weighted by Crippen LogP contribution is -2.37. The molecule has 1 unspecified atom stereocenters. The number of hydrogen-bond acceptors (Lipinski definition) is 3. The number of carbonyl (C=O) groups is 1. The van der Waals surface area contributed by atoms with E-state index in [4.69, 9.17) is 9.47 Å². The molecule has 23 heavy (non-hydrogen) atoms. The van der Waals surface area contributed by atoms with Crippen molar-refractivity contribution in [1.82, 2.24) is 0 Å². The van der Waals surface area contributed by atoms with E-state index in [0.717, 1.165) is 35.1 Å². The molecular formula is C20H20O3. The Kier molecular flexibility index (Phi) is 3.55. The minimum absolute atomic E-state index is 0.213. The summed E-state index contributed by atoms with van der Waals surface area (Å²) in [5, 5.41) is 0. The van der Waals surface area contributed by atoms with E-state index in [-0.39, 0.29) is 12.1 Å². The van der Waals surface area contributed by atoms with Gasteiger partial charge in [-0.15, -0.1) is 0 Å². The van der Waals surface area contributed by atoms with Crippen molar-refractivity contribution in [3.05, 3.63) is 70.8 Å². The number of carbonyl (C=O) groups excluding carboxylic acids is 1. The maximum absolute atomic E-state index is 13.1. The maximum Gasteiger partial charge on any atom is 0.184 e. The largest absolute Gasteiger partial charge is 0.346 e. The molecule has 1 fully saturated rings. The lowest BCUT2D eigenvalue weighted by molar-refractivity contribution is -0.0442. The molecule has 0 spiro atoms. The molecule has 0 N–H and O–H groups in total. The van der Waals surface area contributed by atoms with E-state index in [9.17, 15) is 4.79 Å². The fraction of sp³-hybridized carbons (Fsp3) is 0.350. The monoisotopic (exact) mass is 308 g/mol. The van der Waals surface area contributed by atoms with Gasteiger partial charge in [0.25, 0.3) is 0 Å². The molecule has 3 nitrogen and oxygen atoms in total. The van der Waals surface area contributed by atoms with E-state index in [0.29, 0.717) is 13.2 Å². The minimum Gasteiger partial charge on any atom is -0.346 e. The topological polar surface area (TPSA) is 35.5 Å². The second-order valence-electron chi connectivity index (χ2n) is 6.52. The maximum atomic E-state index is 13.1. The van der Waals surface area contributed by atoms with Gasteiger partial charge in [-0.25, -0.2) is 0 Å². The van der Waals surface area contributed by atoms with Crippen LogP contribution in [0, 0.1) is 0 Å². The zero-order chi connectivity index (χ0) is 15.9. The Hall–Kier alpha value is -1.97. The van der Waals surface area contributed by atoms with E-state index in [1.54, 1.807) is 0 Å². The third-order valence-corrected chi connectivity index (χ3v) is 5.08. The van der Waals surface area contributed by atoms with Gasteiger partial charge in [0.05, 0.1) is 18.6 Å². The van der Waals surface area contributed by atoms with Crippen molar-refractivity contribution in [2.24, 2.45) is 0 Å². The standard InChI is InChI=1S/C20H20O3/c1-20(10-9-14-5-2-3-8-17(14)18(20)21)16-7-4-6-15(13-16)19-22-11-12-23-19/h2-8,13,19H,9-12H2,1H3. The molecule has 2 aromatic rings. The van der Waals surface area contributed by atoms with Crippen LogP contribution in [-0.4, -0.2) is 19.0 Å². The highest BCUT2D eigenvalue weighted by Crippen LogP contribution is 2.39. The first-order valence-corrected chi connectivity index (χ1v) is 8.15. The van der Waals surface area contributed by atoms with Crippen LogP contribution >= 0.6 is 0 Å². The first-order valence-electron chi connectivity index (χ1n) is 8.15. The third kappa shape index (κ3) is 2.41. The van der Waals surface area contributed by atoms with Gasteiger partial charge in [-0.2, -0.15) is 0 Å². The molecule has 2 aliphatic rings. The quantitative estimate of drug-likeness (QED) is 0.846. The molecule has 3 heteroatoms. The summed E-state index contributed by atoms with van der Waals surface area (Å²) in [6, 6.07) is 16.1. The predicted molar refractivity (Wildman–Crippen MR) is 87.5 cm³/mol. The normalized spacial score (nSPS) is 24.7. The summed E-state index contributed by atoms with van der Waals surface area (Å²) in [4.78, 5) is 13.1. The van der Waals surface area contributed by atoms with Gasteiger partial charge < -0.3 is 9.47 Å². The van der Waals surface area contributed by atoms with Crippen LogP contribution in [0.4, 0.5) is 0 Å². The van der Waals surface area contributed by atoms with Crippen LogP contribution in [0.3, 0.4) is 0 Å². The van der Waals surface area contributed by atoms with Crippen molar-refractivity contribution in [1.29, 1.82) is 0 Å². The van der Waals surface area contributed by atoms with Crippen molar-refractivity contribution < 1.29 is 14.3 Å². The SMILES string of the molecule is CC1(c2cccc(C3OCCO3)c2)CCc2ccccc2C1=O. The van der Waals surface area contributed by atoms with Gasteiger partial charge in [-0.3, -0.25) is 4.79 Å². The predicted octanol–water partition coefficient (Wildman–Crippen LogP) is 3.82. The Morgan fingerprint density at radius 1 is 1.04 bits per heavy atom. The molecule has 4 rings (SSSR count). The first kappa shape index (κ1) is 14.6. The molecule has 2 aromatic carbocycles. The molecule has 1 aliphatic carbocycles. The van der Waals surface area contributed by atoms with Gasteiger partial charge in [-0.05, 0) is 37.0 Å². The molecule has 1 saturated heterocycles. The summed E-state index contributed by atoms with van der Waals surface area (Å²) in [5.74, 6) is 0.213. The lowest BCUT2D eigenvalue weighted by atomic mass is 9.67. The summed E-state index contributed by atoms with van der Waals surface area (Å²) < 4.78 is 11.2. The van der Waals surface area contributed by atoms with E-state index >= 15 is 0 Å². The number of Topliss-reactive ketones (excluding diaryl/α,β-unsaturated/α-hetero) is 1. The van der Waals surface area contributed by atoms with Gasteiger partial charge in [0.1, 0.15) is 0 Å². The van der Waals surface area contributed by atoms with Gasteiger partial charge in [0.15, 0.2) is 12.1 Å². The van der Waals surface area contributed by atoms with E-state index in [1.165, 1.54) is 0 Å². The van der Waals surface area contributed by atoms with Crippen molar-refractivity contribution in [3.63, 3.8) is 0 Å². The average Bonchev–Trinajstić information content (AvgIpc) is 3.13. The van der Waals surface area contributed by atoms with Gasteiger partial charge >= 0.3 is 0 Å². The van der Waals surface area contributed by atoms with Crippen LogP contribution in [0.15, 0.2) is 48.5 Å². The van der Waals surface area contributed by atoms with Gasteiger partial charge in [0, 0.05) is 11.1 Å². The summed E-state index contributed by atoms with van der Waals surface area (Å²) in [6.07, 6.45) is 1.46. The highest BCUT2D eigenvalue weighted by molar-refractivity contribution is 6.06. The molecule has 0 saturated carbocycles. The summed E-state index contributed by atoms with van der Waals surface area (Å²) in [5.41, 5.74) is 3.58. The Morgan fingerprint density at radius 2 is 1.83 bits per heavy atom. The second kappa shape index (κ2) is 5.59. The fourth-order valence-corrected chi connectivity index (χ4v) is 3.61. The number of rotatable bonds is 2. The number of ether oxygens (including phenoxy) is 2. The Labute approximate surface area is 136 Å². The number of ketones is 1. The van der Waals surface area contributed by atoms with Crippen molar-refractivity contribution in [2.45, 2.75) is 31.5 Å². The number of aryl methyl sites for hydroxylation is 1. The summed E-state index contributed by atoms with van der Waals surface area (Å²) in [6.45, 7) is 3.30. The van der Waals surface area contributed by atoms with Crippen LogP contribution in [0.1, 0.15) is 46.7 Å². The highest BCUT2D eigenvalue weighted by atomic mass is 16.7. The van der Waals surface area contributed by atoms with E-state index in [1.807, 2.05) is 36.4 Å². The van der Waals surface area contributed by atoms with Crippen molar-refractivity contribution in [2.75, 3.05) is 13.2 Å². The molecule has 1 heterocycles. The first-order chi connectivity index (χ1) is 11.2. The zero-order valence-electron chi connectivity index (χ0n) is 13.2. The summed E-state index contributed by atoms with van der Waals surface area (Å²) in [7, 11) is 0. The average molecular weight is 308 g/mol. The van der Waals surface area contributed by atoms with Crippen molar-refractivity contribution in [3.8, 4) is 0 Å². The third-order valence-electron chi connectivity index (χ3n) is 5.08. The molecule has 0 bridgehead atoms. The van der Waals surface area contributed by atoms with Gasteiger partial charge in [0.2, 0.25) is 0 Å². The van der Waals surface area contributed by atoms with Gasteiger partial charge in [-0.1, -0.05) is 42.5 Å². The molecule has 0 aromatic heterocycles. The van der Waals surface area contributed by atoms with E-state index < -0.39 is 5.41 Å². The van der Waals surface area contributed by atoms with Crippen LogP contribution in [0.2, 0.25) is 0 Å². The highest BCUT2D eigenvalue weighted by Gasteiger charge is 2.40. The van der Waals surface area contributed by atoms with E-state index in [2.05, 4.69) is 19.1 Å². The number of benzene rings is 2. The Bertz CT molecular complexity index is 746. The molecule has 1 atom stereocenters. The van der Waals surface area contributed by atoms with Crippen LogP contribution in [0.25, 0.3) is 0 Å². The smallest absolute Gasteiger partial charge is 0.184 e. The minimum atomic E-state index is -0.483. The number of hydrogen-bond donors (Lipinski definition) is 0. The Morgan fingerprint density at radius 3 is 2.65 bits per heavy atom. The second-order valence-corrected chi connectivity index (χ2v) is 6.52. The fourth-order valence-electron chi connectivity index (χ4n) is 3.61. The molecule has 1 aliphatic heterocycles. The number of fused-ring (bicyclic) bond motifs is 1. The molecular weight excluding hydrogens is 288 g/mol.